The molecule has 2 N–H and O–H groups in total. The lowest BCUT2D eigenvalue weighted by molar-refractivity contribution is -0.385. The third-order valence-corrected chi connectivity index (χ3v) is 1.78. The molecule has 5 nitrogen and oxygen atoms in total. The van der Waals surface area contributed by atoms with E-state index in [9.17, 15) is 10.1 Å². The van der Waals surface area contributed by atoms with Crippen LogP contribution < -0.4 is 5.73 Å². The predicted molar refractivity (Wildman–Crippen MR) is 47.0 cm³/mol. The number of nitrogen functional groups attached to an aromatic ring is 1. The van der Waals surface area contributed by atoms with Crippen molar-refractivity contribution in [1.29, 1.82) is 5.26 Å². The second-order valence-corrected chi connectivity index (χ2v) is 2.54. The number of anilines is 1. The summed E-state index contributed by atoms with van der Waals surface area (Å²) in [6.07, 6.45) is 0. The number of nitrogens with two attached hydrogens (primary N) is 1. The molecule has 0 amide bonds. The molecule has 1 rings (SSSR count). The van der Waals surface area contributed by atoms with Gasteiger partial charge in [-0.1, -0.05) is 0 Å². The largest absolute Gasteiger partial charge is 0.398 e. The van der Waals surface area contributed by atoms with E-state index in [4.69, 9.17) is 11.0 Å². The minimum atomic E-state index is -0.593. The summed E-state index contributed by atoms with van der Waals surface area (Å²) in [5, 5.41) is 19.1. The Hall–Kier alpha value is -2.09. The summed E-state index contributed by atoms with van der Waals surface area (Å²) in [7, 11) is 0. The standard InChI is InChI=1S/C8H7N3O2/c1-5-7(10)3-2-6(4-9)8(5)11(12)13/h2-3H,10H2,1H3. The van der Waals surface area contributed by atoms with E-state index in [2.05, 4.69) is 0 Å². The fourth-order valence-electron chi connectivity index (χ4n) is 1.04. The minimum absolute atomic E-state index is 0.0386. The SMILES string of the molecule is Cc1c(N)ccc(C#N)c1[N+](=O)[O-]. The molecule has 0 aliphatic carbocycles. The third kappa shape index (κ3) is 1.42. The smallest absolute Gasteiger partial charge is 0.292 e. The number of benzene rings is 1. The number of nitro benzene ring substituents is 1. The van der Waals surface area contributed by atoms with Crippen LogP contribution >= 0.6 is 0 Å². The van der Waals surface area contributed by atoms with Crippen molar-refractivity contribution in [3.63, 3.8) is 0 Å². The highest BCUT2D eigenvalue weighted by atomic mass is 16.6. The zero-order valence-corrected chi connectivity index (χ0v) is 6.94. The number of nitro groups is 1. The van der Waals surface area contributed by atoms with Crippen molar-refractivity contribution < 1.29 is 4.92 Å². The summed E-state index contributed by atoms with van der Waals surface area (Å²) >= 11 is 0. The first-order valence-corrected chi connectivity index (χ1v) is 3.51. The molecule has 0 aliphatic rings. The zero-order chi connectivity index (χ0) is 10.0. The first kappa shape index (κ1) is 9.00. The molecule has 0 radical (unpaired) electrons. The van der Waals surface area contributed by atoms with E-state index in [1.165, 1.54) is 19.1 Å². The maximum absolute atomic E-state index is 10.6. The predicted octanol–water partition coefficient (Wildman–Crippen LogP) is 1.36. The molecule has 0 unspecified atom stereocenters. The van der Waals surface area contributed by atoms with Gasteiger partial charge < -0.3 is 5.73 Å². The highest BCUT2D eigenvalue weighted by Crippen LogP contribution is 2.26. The Morgan fingerprint density at radius 3 is 2.69 bits per heavy atom. The molecule has 0 aliphatic heterocycles. The van der Waals surface area contributed by atoms with E-state index in [-0.39, 0.29) is 11.3 Å². The van der Waals surface area contributed by atoms with Gasteiger partial charge in [-0.3, -0.25) is 10.1 Å². The number of nitriles is 1. The molecule has 5 heteroatoms. The number of rotatable bonds is 1. The van der Waals surface area contributed by atoms with Crippen molar-refractivity contribution in [2.75, 3.05) is 5.73 Å². The molecule has 0 aromatic heterocycles. The van der Waals surface area contributed by atoms with Crippen molar-refractivity contribution in [3.8, 4) is 6.07 Å². The Balaban J connectivity index is 3.53. The van der Waals surface area contributed by atoms with Crippen LogP contribution in [0.5, 0.6) is 0 Å². The van der Waals surface area contributed by atoms with Gasteiger partial charge in [-0.25, -0.2) is 0 Å². The van der Waals surface area contributed by atoms with E-state index < -0.39 is 4.92 Å². The van der Waals surface area contributed by atoms with Crippen LogP contribution in [0.2, 0.25) is 0 Å². The molecular weight excluding hydrogens is 170 g/mol. The van der Waals surface area contributed by atoms with Gasteiger partial charge in [0.05, 0.1) is 10.5 Å². The average molecular weight is 177 g/mol. The lowest BCUT2D eigenvalue weighted by atomic mass is 10.1. The summed E-state index contributed by atoms with van der Waals surface area (Å²) in [6, 6.07) is 4.58. The third-order valence-electron chi connectivity index (χ3n) is 1.78. The van der Waals surface area contributed by atoms with Gasteiger partial charge in [-0.05, 0) is 19.1 Å². The number of hydrogen-bond acceptors (Lipinski definition) is 4. The van der Waals surface area contributed by atoms with Gasteiger partial charge in [0.1, 0.15) is 11.6 Å². The Morgan fingerprint density at radius 2 is 2.23 bits per heavy atom. The van der Waals surface area contributed by atoms with Crippen LogP contribution in [0.15, 0.2) is 12.1 Å². The summed E-state index contributed by atoms with van der Waals surface area (Å²) in [6.45, 7) is 1.52. The second-order valence-electron chi connectivity index (χ2n) is 2.54. The fourth-order valence-corrected chi connectivity index (χ4v) is 1.04. The van der Waals surface area contributed by atoms with Crippen molar-refractivity contribution >= 4 is 11.4 Å². The van der Waals surface area contributed by atoms with E-state index in [0.29, 0.717) is 11.3 Å². The van der Waals surface area contributed by atoms with Crippen LogP contribution in [0.4, 0.5) is 11.4 Å². The van der Waals surface area contributed by atoms with Gasteiger partial charge in [-0.15, -0.1) is 0 Å². The van der Waals surface area contributed by atoms with Gasteiger partial charge >= 0.3 is 0 Å². The lowest BCUT2D eigenvalue weighted by Crippen LogP contribution is -1.99. The van der Waals surface area contributed by atoms with Gasteiger partial charge in [0.2, 0.25) is 0 Å². The van der Waals surface area contributed by atoms with Crippen molar-refractivity contribution in [2.45, 2.75) is 6.92 Å². The Morgan fingerprint density at radius 1 is 1.62 bits per heavy atom. The van der Waals surface area contributed by atoms with E-state index in [1.807, 2.05) is 0 Å². The first-order chi connectivity index (χ1) is 6.07. The zero-order valence-electron chi connectivity index (χ0n) is 6.94. The quantitative estimate of drug-likeness (QED) is 0.398. The lowest BCUT2D eigenvalue weighted by Gasteiger charge is -2.01. The summed E-state index contributed by atoms with van der Waals surface area (Å²) in [5.41, 5.74) is 5.96. The van der Waals surface area contributed by atoms with Gasteiger partial charge in [0.15, 0.2) is 0 Å². The summed E-state index contributed by atoms with van der Waals surface area (Å²) < 4.78 is 0. The molecule has 1 aromatic carbocycles. The highest BCUT2D eigenvalue weighted by Gasteiger charge is 2.18. The summed E-state index contributed by atoms with van der Waals surface area (Å²) in [5.74, 6) is 0. The number of hydrogen-bond donors (Lipinski definition) is 1. The van der Waals surface area contributed by atoms with Crippen molar-refractivity contribution in [2.24, 2.45) is 0 Å². The van der Waals surface area contributed by atoms with Crippen LogP contribution in [0.3, 0.4) is 0 Å². The fraction of sp³-hybridized carbons (Fsp3) is 0.125. The molecule has 0 saturated carbocycles. The average Bonchev–Trinajstić information content (AvgIpc) is 2.08. The molecule has 66 valence electrons. The van der Waals surface area contributed by atoms with Gasteiger partial charge in [0, 0.05) is 5.69 Å². The van der Waals surface area contributed by atoms with Crippen molar-refractivity contribution in [1.82, 2.24) is 0 Å². The normalized spacial score (nSPS) is 9.23. The van der Waals surface area contributed by atoms with E-state index >= 15 is 0 Å². The molecule has 0 fully saturated rings. The Labute approximate surface area is 74.5 Å². The van der Waals surface area contributed by atoms with Gasteiger partial charge in [0.25, 0.3) is 5.69 Å². The van der Waals surface area contributed by atoms with Crippen LogP contribution in [0.1, 0.15) is 11.1 Å². The summed E-state index contributed by atoms with van der Waals surface area (Å²) in [4.78, 5) is 9.96. The molecule has 0 heterocycles. The molecular formula is C8H7N3O2. The molecule has 0 atom stereocenters. The topological polar surface area (TPSA) is 93.0 Å². The van der Waals surface area contributed by atoms with Crippen LogP contribution in [-0.2, 0) is 0 Å². The van der Waals surface area contributed by atoms with Crippen LogP contribution in [0.25, 0.3) is 0 Å². The molecule has 1 aromatic rings. The molecule has 0 spiro atoms. The Bertz CT molecular complexity index is 407. The van der Waals surface area contributed by atoms with Gasteiger partial charge in [-0.2, -0.15) is 5.26 Å². The molecule has 0 bridgehead atoms. The molecule has 13 heavy (non-hydrogen) atoms. The monoisotopic (exact) mass is 177 g/mol. The van der Waals surface area contributed by atoms with E-state index in [1.54, 1.807) is 6.07 Å². The molecule has 0 saturated heterocycles. The van der Waals surface area contributed by atoms with Crippen LogP contribution in [0, 0.1) is 28.4 Å². The highest BCUT2D eigenvalue weighted by molar-refractivity contribution is 5.64. The first-order valence-electron chi connectivity index (χ1n) is 3.51. The maximum Gasteiger partial charge on any atom is 0.292 e. The second kappa shape index (κ2) is 3.11. The number of nitrogens with zero attached hydrogens (tertiary/aromatic N) is 2. The maximum atomic E-state index is 10.6. The minimum Gasteiger partial charge on any atom is -0.398 e. The van der Waals surface area contributed by atoms with Crippen molar-refractivity contribution in [3.05, 3.63) is 33.4 Å². The van der Waals surface area contributed by atoms with E-state index in [0.717, 1.165) is 0 Å². The van der Waals surface area contributed by atoms with Crippen LogP contribution in [-0.4, -0.2) is 4.92 Å². The Kier molecular flexibility index (Phi) is 2.15.